The molecule has 5 heteroatoms. The third kappa shape index (κ3) is 4.04. The third-order valence-electron chi connectivity index (χ3n) is 1.66. The van der Waals surface area contributed by atoms with Gasteiger partial charge in [-0.3, -0.25) is 9.59 Å². The minimum atomic E-state index is -1.57. The average molecular weight is 251 g/mol. The van der Waals surface area contributed by atoms with Crippen LogP contribution in [-0.2, 0) is 26.1 Å². The van der Waals surface area contributed by atoms with Crippen molar-refractivity contribution in [3.8, 4) is 0 Å². The molecule has 1 rings (SSSR count). The van der Waals surface area contributed by atoms with Crippen LogP contribution in [0.5, 0.6) is 0 Å². The molecule has 0 bridgehead atoms. The molecule has 0 saturated heterocycles. The van der Waals surface area contributed by atoms with E-state index in [1.54, 1.807) is 18.2 Å². The van der Waals surface area contributed by atoms with Gasteiger partial charge in [-0.15, -0.1) is 0 Å². The largest absolute Gasteiger partial charge is 0.475 e. The maximum atomic E-state index is 11.3. The van der Waals surface area contributed by atoms with Gasteiger partial charge in [0.25, 0.3) is 0 Å². The van der Waals surface area contributed by atoms with Crippen LogP contribution in [-0.4, -0.2) is 22.6 Å². The van der Waals surface area contributed by atoms with Crippen molar-refractivity contribution in [1.82, 2.24) is 0 Å². The van der Waals surface area contributed by atoms with E-state index >= 15 is 0 Å². The molecule has 1 aromatic rings. The molecule has 0 saturated carbocycles. The number of carboxylic acids is 1. The minimum Gasteiger partial charge on any atom is -0.475 e. The Hall–Kier alpha value is -1.48. The summed E-state index contributed by atoms with van der Waals surface area (Å²) in [6.07, 6.45) is -0.584. The molecular weight excluding hydrogens is 243 g/mol. The fourth-order valence-electron chi connectivity index (χ4n) is 0.948. The Bertz CT molecular complexity index is 372. The van der Waals surface area contributed by atoms with Crippen molar-refractivity contribution in [3.05, 3.63) is 35.9 Å². The van der Waals surface area contributed by atoms with Crippen LogP contribution in [0.25, 0.3) is 0 Å². The standard InChI is InChI=1S/C10H8O4.Ni/c11-8(6-9(12)10(13)14)7-4-2-1-3-5-7;/h1-5H,6H2,(H,13,14);. The van der Waals surface area contributed by atoms with Crippen molar-refractivity contribution in [2.24, 2.45) is 0 Å². The Labute approximate surface area is 96.2 Å². The first-order valence-electron chi connectivity index (χ1n) is 3.95. The third-order valence-corrected chi connectivity index (χ3v) is 1.66. The predicted molar refractivity (Wildman–Crippen MR) is 48.0 cm³/mol. The summed E-state index contributed by atoms with van der Waals surface area (Å²) >= 11 is 0. The predicted octanol–water partition coefficient (Wildman–Crippen LogP) is 0.911. The van der Waals surface area contributed by atoms with Crippen LogP contribution in [0.2, 0.25) is 0 Å². The van der Waals surface area contributed by atoms with Crippen LogP contribution in [0.4, 0.5) is 0 Å². The number of Topliss-reactive ketones (excluding diaryl/α,β-unsaturated/α-hetero) is 2. The summed E-state index contributed by atoms with van der Waals surface area (Å²) in [6.45, 7) is 0. The SMILES string of the molecule is O=C(O)C(=O)CC(=O)c1ccccc1.[Ni]. The number of benzene rings is 1. The number of hydrogen-bond acceptors (Lipinski definition) is 3. The molecule has 0 radical (unpaired) electrons. The van der Waals surface area contributed by atoms with Crippen molar-refractivity contribution in [3.63, 3.8) is 0 Å². The molecule has 0 spiro atoms. The molecule has 1 aromatic carbocycles. The first-order valence-corrected chi connectivity index (χ1v) is 3.95. The van der Waals surface area contributed by atoms with Crippen LogP contribution >= 0.6 is 0 Å². The van der Waals surface area contributed by atoms with Gasteiger partial charge in [0.2, 0.25) is 5.78 Å². The normalized spacial score (nSPS) is 8.80. The second-order valence-corrected chi connectivity index (χ2v) is 2.69. The van der Waals surface area contributed by atoms with Crippen molar-refractivity contribution in [1.29, 1.82) is 0 Å². The molecule has 0 aliphatic rings. The summed E-state index contributed by atoms with van der Waals surface area (Å²) in [5.41, 5.74) is 0.349. The molecule has 1 N–H and O–H groups in total. The zero-order valence-corrected chi connectivity index (χ0v) is 8.57. The van der Waals surface area contributed by atoms with E-state index in [4.69, 9.17) is 5.11 Å². The fraction of sp³-hybridized carbons (Fsp3) is 0.100. The van der Waals surface area contributed by atoms with Gasteiger partial charge in [0.15, 0.2) is 5.78 Å². The van der Waals surface area contributed by atoms with Gasteiger partial charge in [-0.2, -0.15) is 0 Å². The van der Waals surface area contributed by atoms with Gasteiger partial charge < -0.3 is 5.11 Å². The van der Waals surface area contributed by atoms with E-state index < -0.39 is 24.0 Å². The summed E-state index contributed by atoms with van der Waals surface area (Å²) in [5.74, 6) is -3.13. The van der Waals surface area contributed by atoms with Gasteiger partial charge >= 0.3 is 5.97 Å². The number of carboxylic acid groups (broad SMARTS) is 1. The summed E-state index contributed by atoms with van der Waals surface area (Å²) in [4.78, 5) is 32.1. The van der Waals surface area contributed by atoms with Gasteiger partial charge in [0, 0.05) is 22.1 Å². The van der Waals surface area contributed by atoms with Crippen molar-refractivity contribution in [2.75, 3.05) is 0 Å². The minimum absolute atomic E-state index is 0. The van der Waals surface area contributed by atoms with Crippen LogP contribution in [0, 0.1) is 0 Å². The van der Waals surface area contributed by atoms with E-state index in [-0.39, 0.29) is 16.5 Å². The van der Waals surface area contributed by atoms with E-state index in [2.05, 4.69) is 0 Å². The molecule has 0 aliphatic heterocycles. The smallest absolute Gasteiger partial charge is 0.372 e. The van der Waals surface area contributed by atoms with Crippen LogP contribution < -0.4 is 0 Å². The molecule has 0 amide bonds. The van der Waals surface area contributed by atoms with Crippen LogP contribution in [0.3, 0.4) is 0 Å². The first-order chi connectivity index (χ1) is 6.61. The number of rotatable bonds is 4. The van der Waals surface area contributed by atoms with E-state index in [9.17, 15) is 14.4 Å². The zero-order chi connectivity index (χ0) is 10.6. The molecule has 15 heavy (non-hydrogen) atoms. The van der Waals surface area contributed by atoms with Crippen molar-refractivity contribution < 1.29 is 36.0 Å². The molecule has 0 unspecified atom stereocenters. The van der Waals surface area contributed by atoms with E-state index in [1.807, 2.05) is 0 Å². The molecule has 0 heterocycles. The van der Waals surface area contributed by atoms with E-state index in [1.165, 1.54) is 12.1 Å². The van der Waals surface area contributed by atoms with Crippen molar-refractivity contribution in [2.45, 2.75) is 6.42 Å². The second-order valence-electron chi connectivity index (χ2n) is 2.69. The molecule has 82 valence electrons. The molecular formula is C10H8NiO4. The molecule has 0 aromatic heterocycles. The van der Waals surface area contributed by atoms with Crippen molar-refractivity contribution >= 4 is 17.5 Å². The molecule has 0 fully saturated rings. The van der Waals surface area contributed by atoms with E-state index in [0.29, 0.717) is 5.56 Å². The van der Waals surface area contributed by atoms with Gasteiger partial charge in [0.1, 0.15) is 0 Å². The Kier molecular flexibility index (Phi) is 5.49. The van der Waals surface area contributed by atoms with Gasteiger partial charge in [-0.1, -0.05) is 30.3 Å². The molecule has 4 nitrogen and oxygen atoms in total. The Morgan fingerprint density at radius 2 is 1.60 bits per heavy atom. The molecule has 0 aliphatic carbocycles. The second kappa shape index (κ2) is 6.09. The summed E-state index contributed by atoms with van der Waals surface area (Å²) < 4.78 is 0. The number of ketones is 2. The quantitative estimate of drug-likeness (QED) is 0.373. The Morgan fingerprint density at radius 1 is 1.07 bits per heavy atom. The van der Waals surface area contributed by atoms with Gasteiger partial charge in [-0.25, -0.2) is 4.79 Å². The zero-order valence-electron chi connectivity index (χ0n) is 7.58. The van der Waals surface area contributed by atoms with Gasteiger partial charge in [0.05, 0.1) is 6.42 Å². The monoisotopic (exact) mass is 250 g/mol. The number of carbonyl (C=O) groups excluding carboxylic acids is 2. The summed E-state index contributed by atoms with van der Waals surface area (Å²) in [5, 5.41) is 8.28. The van der Waals surface area contributed by atoms with Gasteiger partial charge in [-0.05, 0) is 0 Å². The Balaban J connectivity index is 0.00000196. The first kappa shape index (κ1) is 13.5. The average Bonchev–Trinajstić information content (AvgIpc) is 2.19. The number of aliphatic carboxylic acids is 1. The van der Waals surface area contributed by atoms with Crippen LogP contribution in [0.1, 0.15) is 16.8 Å². The topological polar surface area (TPSA) is 71.4 Å². The summed E-state index contributed by atoms with van der Waals surface area (Å²) in [7, 11) is 0. The van der Waals surface area contributed by atoms with E-state index in [0.717, 1.165) is 0 Å². The fourth-order valence-corrected chi connectivity index (χ4v) is 0.948. The maximum absolute atomic E-state index is 11.3. The van der Waals surface area contributed by atoms with Crippen LogP contribution in [0.15, 0.2) is 30.3 Å². The Morgan fingerprint density at radius 3 is 2.07 bits per heavy atom. The number of hydrogen-bond donors (Lipinski definition) is 1. The summed E-state index contributed by atoms with van der Waals surface area (Å²) in [6, 6.07) is 8.11. The molecule has 0 atom stereocenters. The maximum Gasteiger partial charge on any atom is 0.372 e. The number of carbonyl (C=O) groups is 3.